The van der Waals surface area contributed by atoms with Gasteiger partial charge in [-0.15, -0.1) is 0 Å². The minimum atomic E-state index is -3.85. The van der Waals surface area contributed by atoms with Gasteiger partial charge < -0.3 is 9.47 Å². The van der Waals surface area contributed by atoms with Crippen LogP contribution in [0.5, 0.6) is 0 Å². The van der Waals surface area contributed by atoms with Crippen LogP contribution < -0.4 is 0 Å². The molecule has 1 atom stereocenters. The number of rotatable bonds is 3. The van der Waals surface area contributed by atoms with Crippen molar-refractivity contribution >= 4 is 10.1 Å². The molecule has 0 aromatic heterocycles. The van der Waals surface area contributed by atoms with Crippen LogP contribution in [0.2, 0.25) is 0 Å². The third-order valence-corrected chi connectivity index (χ3v) is 2.14. The average Bonchev–Trinajstić information content (AvgIpc) is 2.32. The summed E-state index contributed by atoms with van der Waals surface area (Å²) in [6.45, 7) is 0.631. The maximum absolute atomic E-state index is 10.2. The van der Waals surface area contributed by atoms with E-state index in [4.69, 9.17) is 14.0 Å². The van der Waals surface area contributed by atoms with E-state index in [1.54, 1.807) is 0 Å². The van der Waals surface area contributed by atoms with Gasteiger partial charge in [0.2, 0.25) is 0 Å². The molecule has 0 saturated carbocycles. The summed E-state index contributed by atoms with van der Waals surface area (Å²) in [5, 5.41) is 0. The largest absolute Gasteiger partial charge is 0.353 e. The molecule has 1 N–H and O–H groups in total. The zero-order chi connectivity index (χ0) is 8.32. The van der Waals surface area contributed by atoms with Crippen molar-refractivity contribution in [1.82, 2.24) is 0 Å². The first-order valence-corrected chi connectivity index (χ1v) is 4.83. The molecule has 5 nitrogen and oxygen atoms in total. The fourth-order valence-electron chi connectivity index (χ4n) is 0.819. The highest BCUT2D eigenvalue weighted by Crippen LogP contribution is 2.07. The van der Waals surface area contributed by atoms with Crippen LogP contribution in [0.25, 0.3) is 0 Å². The van der Waals surface area contributed by atoms with Crippen LogP contribution in [0.3, 0.4) is 0 Å². The molecule has 0 radical (unpaired) electrons. The molecule has 1 rings (SSSR count). The molecule has 1 fully saturated rings. The second kappa shape index (κ2) is 3.48. The molecule has 1 aliphatic heterocycles. The van der Waals surface area contributed by atoms with Gasteiger partial charge in [0.15, 0.2) is 0 Å². The van der Waals surface area contributed by atoms with Crippen molar-refractivity contribution in [2.45, 2.75) is 12.5 Å². The molecule has 0 aromatic rings. The van der Waals surface area contributed by atoms with Gasteiger partial charge in [-0.1, -0.05) is 0 Å². The van der Waals surface area contributed by atoms with Gasteiger partial charge in [0.25, 0.3) is 10.1 Å². The maximum Gasteiger partial charge on any atom is 0.264 e. The van der Waals surface area contributed by atoms with E-state index in [1.165, 1.54) is 0 Å². The lowest BCUT2D eigenvalue weighted by molar-refractivity contribution is 0.0461. The molecule has 0 spiro atoms. The highest BCUT2D eigenvalue weighted by molar-refractivity contribution is 7.85. The second-order valence-electron chi connectivity index (χ2n) is 2.35. The first kappa shape index (κ1) is 8.92. The van der Waals surface area contributed by atoms with Crippen LogP contribution in [-0.4, -0.2) is 38.2 Å². The molecule has 0 amide bonds. The predicted octanol–water partition coefficient (Wildman–Crippen LogP) is -0.363. The Bertz CT molecular complexity index is 203. The summed E-state index contributed by atoms with van der Waals surface area (Å²) >= 11 is 0. The van der Waals surface area contributed by atoms with E-state index in [9.17, 15) is 8.42 Å². The Kier molecular flexibility index (Phi) is 2.83. The van der Waals surface area contributed by atoms with Crippen molar-refractivity contribution in [1.29, 1.82) is 0 Å². The Labute approximate surface area is 65.0 Å². The Hall–Kier alpha value is -0.170. The molecule has 1 aliphatic rings. The van der Waals surface area contributed by atoms with Gasteiger partial charge in [-0.2, -0.15) is 8.42 Å². The van der Waals surface area contributed by atoms with E-state index >= 15 is 0 Å². The molecule has 6 heteroatoms. The van der Waals surface area contributed by atoms with Gasteiger partial charge >= 0.3 is 0 Å². The molecule has 1 saturated heterocycles. The van der Waals surface area contributed by atoms with Crippen molar-refractivity contribution in [2.24, 2.45) is 0 Å². The number of hydrogen-bond acceptors (Lipinski definition) is 4. The monoisotopic (exact) mass is 182 g/mol. The first-order chi connectivity index (χ1) is 5.08. The van der Waals surface area contributed by atoms with E-state index in [-0.39, 0.29) is 18.6 Å². The van der Waals surface area contributed by atoms with Crippen LogP contribution in [-0.2, 0) is 19.6 Å². The molecule has 1 heterocycles. The Morgan fingerprint density at radius 2 is 2.27 bits per heavy atom. The lowest BCUT2D eigenvalue weighted by Crippen LogP contribution is -2.15. The summed E-state index contributed by atoms with van der Waals surface area (Å²) in [6, 6.07) is 0. The van der Waals surface area contributed by atoms with Crippen LogP contribution in [0.4, 0.5) is 0 Å². The van der Waals surface area contributed by atoms with E-state index in [0.717, 1.165) is 0 Å². The molecule has 0 aromatic carbocycles. The number of ether oxygens (including phenoxy) is 2. The predicted molar refractivity (Wildman–Crippen MR) is 36.7 cm³/mol. The zero-order valence-electron chi connectivity index (χ0n) is 5.89. The van der Waals surface area contributed by atoms with Gasteiger partial charge in [0, 0.05) is 0 Å². The Morgan fingerprint density at radius 1 is 1.55 bits per heavy atom. The minimum absolute atomic E-state index is 0.183. The molecule has 66 valence electrons. The summed E-state index contributed by atoms with van der Waals surface area (Å²) in [5.41, 5.74) is 0. The zero-order valence-corrected chi connectivity index (χ0v) is 6.71. The van der Waals surface area contributed by atoms with Gasteiger partial charge in [-0.05, 0) is 6.42 Å². The quantitative estimate of drug-likeness (QED) is 0.603. The summed E-state index contributed by atoms with van der Waals surface area (Å²) in [7, 11) is -3.85. The van der Waals surface area contributed by atoms with Crippen LogP contribution >= 0.6 is 0 Å². The number of hydrogen-bond donors (Lipinski definition) is 1. The van der Waals surface area contributed by atoms with E-state index in [0.29, 0.717) is 13.0 Å². The third kappa shape index (κ3) is 3.66. The van der Waals surface area contributed by atoms with E-state index in [2.05, 4.69) is 0 Å². The highest BCUT2D eigenvalue weighted by Gasteiger charge is 2.18. The Balaban J connectivity index is 2.22. The first-order valence-electron chi connectivity index (χ1n) is 3.22. The van der Waals surface area contributed by atoms with Crippen molar-refractivity contribution in [3.63, 3.8) is 0 Å². The van der Waals surface area contributed by atoms with Gasteiger partial charge in [0.1, 0.15) is 6.79 Å². The fraction of sp³-hybridized carbons (Fsp3) is 1.00. The fourth-order valence-corrected chi connectivity index (χ4v) is 1.38. The average molecular weight is 182 g/mol. The van der Waals surface area contributed by atoms with Crippen LogP contribution in [0.15, 0.2) is 0 Å². The van der Waals surface area contributed by atoms with Crippen LogP contribution in [0, 0.1) is 0 Å². The van der Waals surface area contributed by atoms with Gasteiger partial charge in [-0.3, -0.25) is 4.55 Å². The van der Waals surface area contributed by atoms with Crippen LogP contribution in [0.1, 0.15) is 6.42 Å². The van der Waals surface area contributed by atoms with Crippen molar-refractivity contribution in [2.75, 3.05) is 19.2 Å². The smallest absolute Gasteiger partial charge is 0.264 e. The lowest BCUT2D eigenvalue weighted by Gasteiger charge is -2.03. The molecular formula is C5H10O5S. The Morgan fingerprint density at radius 3 is 2.73 bits per heavy atom. The van der Waals surface area contributed by atoms with Gasteiger partial charge in [-0.25, -0.2) is 0 Å². The maximum atomic E-state index is 10.2. The summed E-state index contributed by atoms with van der Waals surface area (Å²) in [6.07, 6.45) is 0.107. The molecular weight excluding hydrogens is 172 g/mol. The highest BCUT2D eigenvalue weighted by atomic mass is 32.2. The normalized spacial score (nSPS) is 25.7. The third-order valence-electron chi connectivity index (χ3n) is 1.39. The summed E-state index contributed by atoms with van der Waals surface area (Å²) in [4.78, 5) is 0. The SMILES string of the molecule is O=S(=O)(O)CCC1COCO1. The summed E-state index contributed by atoms with van der Waals surface area (Å²) < 4.78 is 38.6. The standard InChI is InChI=1S/C5H10O5S/c6-11(7,8)2-1-5-3-9-4-10-5/h5H,1-4H2,(H,6,7,8). The van der Waals surface area contributed by atoms with Crippen molar-refractivity contribution in [3.05, 3.63) is 0 Å². The second-order valence-corrected chi connectivity index (χ2v) is 3.92. The van der Waals surface area contributed by atoms with E-state index < -0.39 is 10.1 Å². The van der Waals surface area contributed by atoms with Gasteiger partial charge in [0.05, 0.1) is 18.5 Å². The van der Waals surface area contributed by atoms with E-state index in [1.807, 2.05) is 0 Å². The molecule has 1 unspecified atom stereocenters. The lowest BCUT2D eigenvalue weighted by atomic mass is 10.3. The molecule has 0 bridgehead atoms. The molecule has 11 heavy (non-hydrogen) atoms. The minimum Gasteiger partial charge on any atom is -0.353 e. The van der Waals surface area contributed by atoms with Crippen molar-refractivity contribution in [3.8, 4) is 0 Å². The topological polar surface area (TPSA) is 72.8 Å². The summed E-state index contributed by atoms with van der Waals surface area (Å²) in [5.74, 6) is -0.263. The van der Waals surface area contributed by atoms with Crippen molar-refractivity contribution < 1.29 is 22.4 Å². The molecule has 0 aliphatic carbocycles.